The van der Waals surface area contributed by atoms with Crippen LogP contribution >= 0.6 is 11.8 Å². The first-order valence-corrected chi connectivity index (χ1v) is 9.69. The zero-order chi connectivity index (χ0) is 17.9. The van der Waals surface area contributed by atoms with Crippen molar-refractivity contribution >= 4 is 17.7 Å². The van der Waals surface area contributed by atoms with Crippen molar-refractivity contribution in [1.29, 1.82) is 0 Å². The van der Waals surface area contributed by atoms with E-state index in [-0.39, 0.29) is 5.91 Å². The molecule has 1 aromatic heterocycles. The third-order valence-electron chi connectivity index (χ3n) is 4.23. The minimum atomic E-state index is 0.0530. The Labute approximate surface area is 156 Å². The highest BCUT2D eigenvalue weighted by Gasteiger charge is 2.24. The minimum absolute atomic E-state index is 0.0530. The third-order valence-corrected chi connectivity index (χ3v) is 5.16. The molecule has 4 rings (SSSR count). The van der Waals surface area contributed by atoms with Gasteiger partial charge in [0.1, 0.15) is 0 Å². The second kappa shape index (κ2) is 7.33. The van der Waals surface area contributed by atoms with Gasteiger partial charge in [-0.05, 0) is 31.9 Å². The summed E-state index contributed by atoms with van der Waals surface area (Å²) >= 11 is 1.42. The van der Waals surface area contributed by atoms with Crippen LogP contribution in [0.25, 0.3) is 17.1 Å². The van der Waals surface area contributed by atoms with Crippen LogP contribution < -0.4 is 5.32 Å². The van der Waals surface area contributed by atoms with Gasteiger partial charge in [0.25, 0.3) is 0 Å². The smallest absolute Gasteiger partial charge is 0.230 e. The van der Waals surface area contributed by atoms with E-state index in [9.17, 15) is 4.79 Å². The van der Waals surface area contributed by atoms with E-state index < -0.39 is 0 Å². The van der Waals surface area contributed by atoms with E-state index in [1.165, 1.54) is 17.3 Å². The molecule has 1 saturated carbocycles. The maximum absolute atomic E-state index is 12.0. The lowest BCUT2D eigenvalue weighted by Gasteiger charge is -2.11. The Morgan fingerprint density at radius 3 is 2.54 bits per heavy atom. The van der Waals surface area contributed by atoms with E-state index in [0.29, 0.717) is 11.8 Å². The second-order valence-electron chi connectivity index (χ2n) is 6.47. The SMILES string of the molecule is Cc1ccc(-n2c(SCC(=O)NC3CC3)nnc2-c2ccccc2)cc1. The van der Waals surface area contributed by atoms with Gasteiger partial charge in [-0.25, -0.2) is 0 Å². The van der Waals surface area contributed by atoms with Gasteiger partial charge < -0.3 is 5.32 Å². The quantitative estimate of drug-likeness (QED) is 0.679. The van der Waals surface area contributed by atoms with E-state index in [2.05, 4.69) is 46.7 Å². The van der Waals surface area contributed by atoms with Crippen molar-refractivity contribution in [2.24, 2.45) is 0 Å². The van der Waals surface area contributed by atoms with Crippen molar-refractivity contribution in [3.8, 4) is 17.1 Å². The van der Waals surface area contributed by atoms with Gasteiger partial charge in [-0.2, -0.15) is 0 Å². The zero-order valence-electron chi connectivity index (χ0n) is 14.6. The maximum Gasteiger partial charge on any atom is 0.230 e. The molecule has 0 atom stereocenters. The normalized spacial score (nSPS) is 13.6. The summed E-state index contributed by atoms with van der Waals surface area (Å²) in [4.78, 5) is 12.0. The molecule has 6 heteroatoms. The molecule has 0 spiro atoms. The fourth-order valence-electron chi connectivity index (χ4n) is 2.69. The van der Waals surface area contributed by atoms with Gasteiger partial charge in [0.05, 0.1) is 5.75 Å². The lowest BCUT2D eigenvalue weighted by molar-refractivity contribution is -0.118. The number of amides is 1. The van der Waals surface area contributed by atoms with Crippen molar-refractivity contribution < 1.29 is 4.79 Å². The number of hydrogen-bond donors (Lipinski definition) is 1. The van der Waals surface area contributed by atoms with Gasteiger partial charge in [0, 0.05) is 17.3 Å². The van der Waals surface area contributed by atoms with Gasteiger partial charge in [0.2, 0.25) is 5.91 Å². The molecule has 0 bridgehead atoms. The summed E-state index contributed by atoms with van der Waals surface area (Å²) in [7, 11) is 0. The Hall–Kier alpha value is -2.60. The molecule has 0 saturated heterocycles. The molecule has 2 aromatic carbocycles. The molecular weight excluding hydrogens is 344 g/mol. The first-order chi connectivity index (χ1) is 12.7. The Morgan fingerprint density at radius 1 is 1.12 bits per heavy atom. The lowest BCUT2D eigenvalue weighted by atomic mass is 10.2. The van der Waals surface area contributed by atoms with E-state index in [1.54, 1.807) is 0 Å². The molecule has 0 aliphatic heterocycles. The molecule has 1 aliphatic carbocycles. The highest BCUT2D eigenvalue weighted by atomic mass is 32.2. The van der Waals surface area contributed by atoms with Gasteiger partial charge in [-0.15, -0.1) is 10.2 Å². The van der Waals surface area contributed by atoms with Gasteiger partial charge >= 0.3 is 0 Å². The highest BCUT2D eigenvalue weighted by Crippen LogP contribution is 2.28. The van der Waals surface area contributed by atoms with E-state index >= 15 is 0 Å². The summed E-state index contributed by atoms with van der Waals surface area (Å²) in [5.74, 6) is 1.17. The molecule has 3 aromatic rings. The Bertz CT molecular complexity index is 901. The number of aryl methyl sites for hydroxylation is 1. The van der Waals surface area contributed by atoms with Crippen molar-refractivity contribution in [3.63, 3.8) is 0 Å². The number of nitrogens with zero attached hydrogens (tertiary/aromatic N) is 3. The standard InChI is InChI=1S/C20H20N4OS/c1-14-7-11-17(12-8-14)24-19(15-5-3-2-4-6-15)22-23-20(24)26-13-18(25)21-16-9-10-16/h2-8,11-12,16H,9-10,13H2,1H3,(H,21,25). The first kappa shape index (κ1) is 16.8. The maximum atomic E-state index is 12.0. The largest absolute Gasteiger partial charge is 0.353 e. The fraction of sp³-hybridized carbons (Fsp3) is 0.250. The van der Waals surface area contributed by atoms with Crippen LogP contribution in [-0.4, -0.2) is 32.5 Å². The highest BCUT2D eigenvalue weighted by molar-refractivity contribution is 7.99. The van der Waals surface area contributed by atoms with Crippen LogP contribution in [0.5, 0.6) is 0 Å². The second-order valence-corrected chi connectivity index (χ2v) is 7.42. The summed E-state index contributed by atoms with van der Waals surface area (Å²) in [5, 5.41) is 12.5. The average molecular weight is 364 g/mol. The summed E-state index contributed by atoms with van der Waals surface area (Å²) < 4.78 is 2.02. The molecule has 132 valence electrons. The Balaban J connectivity index is 1.65. The van der Waals surface area contributed by atoms with Gasteiger partial charge in [0.15, 0.2) is 11.0 Å². The number of hydrogen-bond acceptors (Lipinski definition) is 4. The molecule has 26 heavy (non-hydrogen) atoms. The van der Waals surface area contributed by atoms with Crippen LogP contribution in [0.1, 0.15) is 18.4 Å². The number of carbonyl (C=O) groups is 1. The summed E-state index contributed by atoms with van der Waals surface area (Å²) in [5.41, 5.74) is 3.18. The van der Waals surface area contributed by atoms with Crippen LogP contribution in [0.15, 0.2) is 59.8 Å². The lowest BCUT2D eigenvalue weighted by Crippen LogP contribution is -2.27. The number of carbonyl (C=O) groups excluding carboxylic acids is 1. The number of rotatable bonds is 6. The van der Waals surface area contributed by atoms with E-state index in [4.69, 9.17) is 0 Å². The van der Waals surface area contributed by atoms with Crippen molar-refractivity contribution in [1.82, 2.24) is 20.1 Å². The summed E-state index contributed by atoms with van der Waals surface area (Å²) in [6, 6.07) is 18.6. The third kappa shape index (κ3) is 3.80. The predicted molar refractivity (Wildman–Crippen MR) is 103 cm³/mol. The Morgan fingerprint density at radius 2 is 1.85 bits per heavy atom. The molecule has 1 aliphatic rings. The predicted octanol–water partition coefficient (Wildman–Crippen LogP) is 3.61. The number of nitrogens with one attached hydrogen (secondary N) is 1. The van der Waals surface area contributed by atoms with Crippen LogP contribution in [0.2, 0.25) is 0 Å². The molecule has 1 heterocycles. The van der Waals surface area contributed by atoms with Crippen molar-refractivity contribution in [2.45, 2.75) is 31.0 Å². The number of benzene rings is 2. The van der Waals surface area contributed by atoms with Crippen LogP contribution in [-0.2, 0) is 4.79 Å². The summed E-state index contributed by atoms with van der Waals surface area (Å²) in [6.45, 7) is 2.06. The van der Waals surface area contributed by atoms with Crippen LogP contribution in [0, 0.1) is 6.92 Å². The van der Waals surface area contributed by atoms with Crippen LogP contribution in [0.4, 0.5) is 0 Å². The Kier molecular flexibility index (Phi) is 4.75. The monoisotopic (exact) mass is 364 g/mol. The topological polar surface area (TPSA) is 59.8 Å². The summed E-state index contributed by atoms with van der Waals surface area (Å²) in [6.07, 6.45) is 2.18. The van der Waals surface area contributed by atoms with Crippen LogP contribution in [0.3, 0.4) is 0 Å². The number of thioether (sulfide) groups is 1. The fourth-order valence-corrected chi connectivity index (χ4v) is 3.45. The van der Waals surface area contributed by atoms with Gasteiger partial charge in [-0.3, -0.25) is 9.36 Å². The minimum Gasteiger partial charge on any atom is -0.353 e. The van der Waals surface area contributed by atoms with Crippen molar-refractivity contribution in [2.75, 3.05) is 5.75 Å². The molecule has 0 unspecified atom stereocenters. The molecular formula is C20H20N4OS. The van der Waals surface area contributed by atoms with Crippen molar-refractivity contribution in [3.05, 3.63) is 60.2 Å². The van der Waals surface area contributed by atoms with Gasteiger partial charge in [-0.1, -0.05) is 59.8 Å². The molecule has 0 radical (unpaired) electrons. The first-order valence-electron chi connectivity index (χ1n) is 8.71. The molecule has 1 N–H and O–H groups in total. The average Bonchev–Trinajstić information content (AvgIpc) is 3.37. The molecule has 5 nitrogen and oxygen atoms in total. The molecule has 1 amide bonds. The zero-order valence-corrected chi connectivity index (χ0v) is 15.4. The van der Waals surface area contributed by atoms with E-state index in [0.717, 1.165) is 35.1 Å². The number of aromatic nitrogens is 3. The molecule has 1 fully saturated rings. The van der Waals surface area contributed by atoms with E-state index in [1.807, 2.05) is 34.9 Å².